The summed E-state index contributed by atoms with van der Waals surface area (Å²) in [5.41, 5.74) is 2.24. The molecule has 1 aromatic rings. The van der Waals surface area contributed by atoms with Crippen LogP contribution in [-0.2, 0) is 16.1 Å². The zero-order valence-corrected chi connectivity index (χ0v) is 22.8. The highest BCUT2D eigenvalue weighted by atomic mass is 16.5. The first-order valence-corrected chi connectivity index (χ1v) is 14.8. The van der Waals surface area contributed by atoms with Crippen molar-refractivity contribution in [2.75, 3.05) is 13.2 Å². The van der Waals surface area contributed by atoms with Gasteiger partial charge in [-0.2, -0.15) is 0 Å². The summed E-state index contributed by atoms with van der Waals surface area (Å²) in [6, 6.07) is 10.5. The Morgan fingerprint density at radius 1 is 0.676 bits per heavy atom. The average Bonchev–Trinajstić information content (AvgIpc) is 3.29. The summed E-state index contributed by atoms with van der Waals surface area (Å²) in [6.45, 7) is 10.0. The van der Waals surface area contributed by atoms with Crippen LogP contribution in [0.25, 0.3) is 0 Å². The summed E-state index contributed by atoms with van der Waals surface area (Å²) in [7, 11) is 0. The molecule has 34 heavy (non-hydrogen) atoms. The van der Waals surface area contributed by atoms with Crippen LogP contribution in [0.4, 0.5) is 0 Å². The molecular weight excluding hydrogens is 416 g/mol. The molecule has 3 aliphatic carbocycles. The van der Waals surface area contributed by atoms with Crippen LogP contribution in [0.15, 0.2) is 30.3 Å². The Bertz CT molecular complexity index is 654. The maximum atomic E-state index is 6.33. The number of hydrogen-bond acceptors (Lipinski definition) is 2. The quantitative estimate of drug-likeness (QED) is 0.177. The molecule has 0 amide bonds. The van der Waals surface area contributed by atoms with E-state index < -0.39 is 0 Å². The van der Waals surface area contributed by atoms with Gasteiger partial charge in [-0.25, -0.2) is 0 Å². The monoisotopic (exact) mass is 470 g/mol. The molecule has 0 heterocycles. The number of rotatable bonds is 20. The minimum absolute atomic E-state index is 0.454. The molecule has 3 saturated carbocycles. The summed E-state index contributed by atoms with van der Waals surface area (Å²) in [5, 5.41) is 0. The third-order valence-corrected chi connectivity index (χ3v) is 9.49. The fraction of sp³-hybridized carbons (Fsp3) is 0.812. The zero-order valence-electron chi connectivity index (χ0n) is 22.8. The first-order chi connectivity index (χ1) is 16.5. The van der Waals surface area contributed by atoms with Crippen molar-refractivity contribution in [3.05, 3.63) is 35.9 Å². The molecule has 2 nitrogen and oxygen atoms in total. The lowest BCUT2D eigenvalue weighted by atomic mass is 9.51. The van der Waals surface area contributed by atoms with Crippen LogP contribution < -0.4 is 0 Å². The van der Waals surface area contributed by atoms with Crippen LogP contribution in [0, 0.1) is 16.7 Å². The molecule has 0 radical (unpaired) electrons. The van der Waals surface area contributed by atoms with E-state index in [1.807, 2.05) is 0 Å². The van der Waals surface area contributed by atoms with Gasteiger partial charge in [0.05, 0.1) is 12.7 Å². The SMILES string of the molecule is CC1(C)C2C[C@@H](OCCCCCCCCCCCCCCCCOCc3ccccc3)C1(C)C2. The molecule has 3 atom stereocenters. The minimum Gasteiger partial charge on any atom is -0.378 e. The van der Waals surface area contributed by atoms with E-state index in [2.05, 4.69) is 51.1 Å². The van der Waals surface area contributed by atoms with Crippen molar-refractivity contribution >= 4 is 0 Å². The highest BCUT2D eigenvalue weighted by Gasteiger charge is 2.67. The Kier molecular flexibility index (Phi) is 11.9. The number of benzene rings is 1. The Morgan fingerprint density at radius 2 is 1.18 bits per heavy atom. The third-order valence-electron chi connectivity index (χ3n) is 9.49. The molecule has 3 fully saturated rings. The van der Waals surface area contributed by atoms with Gasteiger partial charge in [0.2, 0.25) is 0 Å². The van der Waals surface area contributed by atoms with E-state index in [1.54, 1.807) is 0 Å². The van der Waals surface area contributed by atoms with Gasteiger partial charge in [-0.1, -0.05) is 128 Å². The summed E-state index contributed by atoms with van der Waals surface area (Å²) < 4.78 is 12.1. The third kappa shape index (κ3) is 8.09. The Hall–Kier alpha value is -0.860. The van der Waals surface area contributed by atoms with Gasteiger partial charge in [0.25, 0.3) is 0 Å². The molecule has 4 rings (SSSR count). The average molecular weight is 471 g/mol. The summed E-state index contributed by atoms with van der Waals surface area (Å²) >= 11 is 0. The molecule has 1 aromatic carbocycles. The normalized spacial score (nSPS) is 24.9. The van der Waals surface area contributed by atoms with Gasteiger partial charge in [-0.15, -0.1) is 0 Å². The van der Waals surface area contributed by atoms with Crippen LogP contribution >= 0.6 is 0 Å². The molecule has 2 heteroatoms. The first kappa shape index (κ1) is 27.7. The van der Waals surface area contributed by atoms with Crippen molar-refractivity contribution in [1.29, 1.82) is 0 Å². The van der Waals surface area contributed by atoms with Gasteiger partial charge in [0.15, 0.2) is 0 Å². The largest absolute Gasteiger partial charge is 0.378 e. The lowest BCUT2D eigenvalue weighted by molar-refractivity contribution is -0.106. The molecule has 0 aromatic heterocycles. The van der Waals surface area contributed by atoms with Crippen LogP contribution in [-0.4, -0.2) is 19.3 Å². The Balaban J connectivity index is 0.989. The lowest BCUT2D eigenvalue weighted by Gasteiger charge is -2.54. The van der Waals surface area contributed by atoms with Gasteiger partial charge in [-0.3, -0.25) is 0 Å². The zero-order chi connectivity index (χ0) is 24.1. The molecular formula is C32H54O2. The molecule has 0 aliphatic heterocycles. The van der Waals surface area contributed by atoms with Gasteiger partial charge >= 0.3 is 0 Å². The smallest absolute Gasteiger partial charge is 0.0716 e. The van der Waals surface area contributed by atoms with Gasteiger partial charge in [0.1, 0.15) is 0 Å². The van der Waals surface area contributed by atoms with Gasteiger partial charge < -0.3 is 9.47 Å². The van der Waals surface area contributed by atoms with E-state index in [0.29, 0.717) is 16.9 Å². The lowest BCUT2D eigenvalue weighted by Crippen LogP contribution is -2.49. The second-order valence-electron chi connectivity index (χ2n) is 12.1. The Labute approximate surface area is 211 Å². The second-order valence-corrected chi connectivity index (χ2v) is 12.1. The predicted molar refractivity (Wildman–Crippen MR) is 145 cm³/mol. The first-order valence-electron chi connectivity index (χ1n) is 14.8. The van der Waals surface area contributed by atoms with E-state index in [9.17, 15) is 0 Å². The van der Waals surface area contributed by atoms with Crippen molar-refractivity contribution < 1.29 is 9.47 Å². The van der Waals surface area contributed by atoms with Crippen molar-refractivity contribution in [2.45, 2.75) is 136 Å². The molecule has 194 valence electrons. The number of ether oxygens (including phenoxy) is 2. The molecule has 0 saturated heterocycles. The molecule has 0 N–H and O–H groups in total. The fourth-order valence-corrected chi connectivity index (χ4v) is 6.48. The van der Waals surface area contributed by atoms with Gasteiger partial charge in [-0.05, 0) is 48.0 Å². The van der Waals surface area contributed by atoms with E-state index in [4.69, 9.17) is 9.47 Å². The highest BCUT2D eigenvalue weighted by molar-refractivity contribution is 5.16. The maximum Gasteiger partial charge on any atom is 0.0716 e. The van der Waals surface area contributed by atoms with E-state index in [1.165, 1.54) is 108 Å². The molecule has 3 aliphatic rings. The van der Waals surface area contributed by atoms with Crippen LogP contribution in [0.1, 0.15) is 129 Å². The van der Waals surface area contributed by atoms with E-state index in [0.717, 1.165) is 25.7 Å². The number of hydrogen-bond donors (Lipinski definition) is 0. The van der Waals surface area contributed by atoms with Crippen molar-refractivity contribution in [3.8, 4) is 0 Å². The van der Waals surface area contributed by atoms with Crippen LogP contribution in [0.3, 0.4) is 0 Å². The standard InChI is InChI=1S/C32H54O2/c1-31(2)29-25-30(32(31,3)26-29)34-24-20-15-13-11-9-7-5-4-6-8-10-12-14-19-23-33-27-28-21-17-16-18-22-28/h16-18,21-22,29-30H,4-15,19-20,23-27H2,1-3H3/t29?,30-,32?/m1/s1. The molecule has 2 unspecified atom stereocenters. The summed E-state index contributed by atoms with van der Waals surface area (Å²) in [6.07, 6.45) is 22.6. The summed E-state index contributed by atoms with van der Waals surface area (Å²) in [4.78, 5) is 0. The van der Waals surface area contributed by atoms with Crippen LogP contribution in [0.2, 0.25) is 0 Å². The van der Waals surface area contributed by atoms with Crippen molar-refractivity contribution in [3.63, 3.8) is 0 Å². The second kappa shape index (κ2) is 14.6. The highest BCUT2D eigenvalue weighted by Crippen LogP contribution is 2.71. The molecule has 2 bridgehead atoms. The van der Waals surface area contributed by atoms with Crippen molar-refractivity contribution in [2.24, 2.45) is 16.7 Å². The predicted octanol–water partition coefficient (Wildman–Crippen LogP) is 9.51. The number of fused-ring (bicyclic) bond motifs is 1. The van der Waals surface area contributed by atoms with E-state index >= 15 is 0 Å². The van der Waals surface area contributed by atoms with Crippen molar-refractivity contribution in [1.82, 2.24) is 0 Å². The fourth-order valence-electron chi connectivity index (χ4n) is 6.48. The maximum absolute atomic E-state index is 6.33. The minimum atomic E-state index is 0.454. The Morgan fingerprint density at radius 3 is 1.65 bits per heavy atom. The topological polar surface area (TPSA) is 18.5 Å². The van der Waals surface area contributed by atoms with E-state index in [-0.39, 0.29) is 0 Å². The molecule has 0 spiro atoms. The number of unbranched alkanes of at least 4 members (excludes halogenated alkanes) is 13. The van der Waals surface area contributed by atoms with Gasteiger partial charge in [0, 0.05) is 13.2 Å². The summed E-state index contributed by atoms with van der Waals surface area (Å²) in [5.74, 6) is 0.915. The van der Waals surface area contributed by atoms with Crippen LogP contribution in [0.5, 0.6) is 0 Å².